The molecule has 0 bridgehead atoms. The van der Waals surface area contributed by atoms with E-state index in [9.17, 15) is 4.79 Å². The molecule has 2 aromatic carbocycles. The van der Waals surface area contributed by atoms with E-state index in [1.165, 1.54) is 7.11 Å². The molecule has 0 amide bonds. The maximum absolute atomic E-state index is 10.8. The van der Waals surface area contributed by atoms with Gasteiger partial charge in [0.05, 0.1) is 12.7 Å². The van der Waals surface area contributed by atoms with Crippen LogP contribution < -0.4 is 0 Å². The molecular weight excluding hydrogens is 314 g/mol. The van der Waals surface area contributed by atoms with Crippen LogP contribution in [-0.2, 0) is 31.1 Å². The van der Waals surface area contributed by atoms with Crippen molar-refractivity contribution in [2.75, 3.05) is 7.11 Å². The molecule has 0 spiro atoms. The third-order valence-electron chi connectivity index (χ3n) is 1.86. The molecule has 0 radical (unpaired) electrons. The Labute approximate surface area is 134 Å². The zero-order valence-corrected chi connectivity index (χ0v) is 12.3. The van der Waals surface area contributed by atoms with Gasteiger partial charge in [0.2, 0.25) is 0 Å². The summed E-state index contributed by atoms with van der Waals surface area (Å²) in [6, 6.07) is 16.2. The Bertz CT molecular complexity index is 466. The third kappa shape index (κ3) is 12.6. The molecule has 0 saturated heterocycles. The van der Waals surface area contributed by atoms with Gasteiger partial charge >= 0.3 is 45.6 Å². The molecule has 0 heterocycles. The van der Waals surface area contributed by atoms with Crippen molar-refractivity contribution in [3.63, 3.8) is 0 Å². The van der Waals surface area contributed by atoms with Crippen molar-refractivity contribution in [1.82, 2.24) is 0 Å². The van der Waals surface area contributed by atoms with Gasteiger partial charge in [-0.05, 0) is 12.1 Å². The molecule has 0 unspecified atom stereocenters. The minimum absolute atomic E-state index is 0. The van der Waals surface area contributed by atoms with E-state index in [0.29, 0.717) is 11.3 Å². The van der Waals surface area contributed by atoms with Gasteiger partial charge in [0.1, 0.15) is 0 Å². The number of carbonyl (C=O) groups is 1. The van der Waals surface area contributed by atoms with Crippen LogP contribution in [0.4, 0.5) is 5.69 Å². The number of nitrogens with one attached hydrogen (secondary N) is 1. The van der Waals surface area contributed by atoms with Crippen LogP contribution in [-0.4, -0.2) is 13.1 Å². The topological polar surface area (TPSA) is 89.9 Å². The maximum atomic E-state index is 10.8. The molecule has 6 heteroatoms. The maximum Gasteiger partial charge on any atom is 2.00 e. The van der Waals surface area contributed by atoms with Gasteiger partial charge in [-0.25, -0.2) is 16.9 Å². The Balaban J connectivity index is -0.000000273. The number of hydrogen-bond donors (Lipinski definition) is 0. The van der Waals surface area contributed by atoms with Gasteiger partial charge < -0.3 is 10.5 Å². The molecule has 21 heavy (non-hydrogen) atoms. The zero-order valence-electron chi connectivity index (χ0n) is 11.2. The van der Waals surface area contributed by atoms with Crippen LogP contribution in [0.2, 0.25) is 0 Å². The van der Waals surface area contributed by atoms with Crippen LogP contribution in [0.25, 0.3) is 5.73 Å². The molecule has 0 saturated carbocycles. The summed E-state index contributed by atoms with van der Waals surface area (Å²) in [5.41, 5.74) is 8.00. The number of ether oxygens (including phenoxy) is 1. The molecular formula is C15H13FeNO4. The number of esters is 1. The van der Waals surface area contributed by atoms with Crippen molar-refractivity contribution in [3.8, 4) is 0 Å². The molecule has 0 fully saturated rings. The SMILES string of the molecule is COC(=O)c1ccc([NH-])cc1.[C-]#[O+].[C-]#[O+].[Fe+2].c1cc[cH-]c1. The molecule has 2 rings (SSSR count). The summed E-state index contributed by atoms with van der Waals surface area (Å²) in [5, 5.41) is 0. The Morgan fingerprint density at radius 3 is 1.81 bits per heavy atom. The molecule has 0 aliphatic rings. The van der Waals surface area contributed by atoms with E-state index in [1.54, 1.807) is 24.3 Å². The van der Waals surface area contributed by atoms with Crippen molar-refractivity contribution in [2.45, 2.75) is 0 Å². The molecule has 5 nitrogen and oxygen atoms in total. The monoisotopic (exact) mass is 327 g/mol. The van der Waals surface area contributed by atoms with E-state index in [2.05, 4.69) is 18.0 Å². The summed E-state index contributed by atoms with van der Waals surface area (Å²) in [6.45, 7) is 9.00. The van der Waals surface area contributed by atoms with Gasteiger partial charge in [-0.15, -0.1) is 5.69 Å². The van der Waals surface area contributed by atoms with Gasteiger partial charge in [0, 0.05) is 0 Å². The number of hydrogen-bond acceptors (Lipinski definition) is 2. The van der Waals surface area contributed by atoms with Gasteiger partial charge in [-0.1, -0.05) is 12.1 Å². The summed E-state index contributed by atoms with van der Waals surface area (Å²) >= 11 is 0. The van der Waals surface area contributed by atoms with Crippen LogP contribution in [0.3, 0.4) is 0 Å². The van der Waals surface area contributed by atoms with Crippen molar-refractivity contribution >= 4 is 11.7 Å². The second-order valence-corrected chi connectivity index (χ2v) is 3.03. The third-order valence-corrected chi connectivity index (χ3v) is 1.86. The van der Waals surface area contributed by atoms with Gasteiger partial charge in [-0.2, -0.15) is 18.2 Å². The van der Waals surface area contributed by atoms with Crippen LogP contribution in [0.5, 0.6) is 0 Å². The molecule has 0 aliphatic carbocycles. The Kier molecular flexibility index (Phi) is 20.3. The Morgan fingerprint density at radius 2 is 1.52 bits per heavy atom. The largest absolute Gasteiger partial charge is 2.00 e. The quantitative estimate of drug-likeness (QED) is 0.347. The van der Waals surface area contributed by atoms with Gasteiger partial charge in [0.25, 0.3) is 0 Å². The van der Waals surface area contributed by atoms with E-state index in [4.69, 9.17) is 15.0 Å². The predicted molar refractivity (Wildman–Crippen MR) is 71.7 cm³/mol. The summed E-state index contributed by atoms with van der Waals surface area (Å²) < 4.78 is 19.5. The molecule has 0 atom stereocenters. The Hall–Kier alpha value is -2.16. The van der Waals surface area contributed by atoms with Crippen molar-refractivity contribution in [3.05, 3.63) is 79.2 Å². The summed E-state index contributed by atoms with van der Waals surface area (Å²) in [6.07, 6.45) is 0. The number of methoxy groups -OCH3 is 1. The molecule has 1 N–H and O–H groups in total. The van der Waals surface area contributed by atoms with Crippen LogP contribution in [0.15, 0.2) is 54.6 Å². The first kappa shape index (κ1) is 23.9. The predicted octanol–water partition coefficient (Wildman–Crippen LogP) is 3.48. The minimum atomic E-state index is -0.370. The van der Waals surface area contributed by atoms with Crippen LogP contribution in [0, 0.1) is 13.3 Å². The first-order chi connectivity index (χ1) is 9.74. The van der Waals surface area contributed by atoms with E-state index in [0.717, 1.165) is 0 Å². The van der Waals surface area contributed by atoms with E-state index in [-0.39, 0.29) is 23.0 Å². The second-order valence-electron chi connectivity index (χ2n) is 3.03. The van der Waals surface area contributed by atoms with Crippen LogP contribution >= 0.6 is 0 Å². The number of rotatable bonds is 1. The minimum Gasteiger partial charge on any atom is -0.214 e. The Morgan fingerprint density at radius 1 is 1.10 bits per heavy atom. The molecule has 2 aromatic rings. The van der Waals surface area contributed by atoms with Gasteiger partial charge in [0.15, 0.2) is 0 Å². The van der Waals surface area contributed by atoms with Crippen LogP contribution in [0.1, 0.15) is 10.4 Å². The summed E-state index contributed by atoms with van der Waals surface area (Å²) in [7, 11) is 1.33. The van der Waals surface area contributed by atoms with E-state index >= 15 is 0 Å². The average Bonchev–Trinajstić information content (AvgIpc) is 3.11. The van der Waals surface area contributed by atoms with E-state index in [1.807, 2.05) is 30.3 Å². The van der Waals surface area contributed by atoms with Crippen molar-refractivity contribution < 1.29 is 35.9 Å². The standard InChI is InChI=1S/C8H9NO2.C5H5.2CO.Fe/c1-11-8(10)6-2-4-7(9)5-3-6;1-2-4-5-3-1;2*1-2;/h2-5H,1H3,(H2,9,10);1-5H;;;/q;-1;;;+2/p-1. The second kappa shape index (κ2) is 17.8. The molecule has 0 aromatic heterocycles. The summed E-state index contributed by atoms with van der Waals surface area (Å²) in [5.74, 6) is -0.370. The van der Waals surface area contributed by atoms with Crippen molar-refractivity contribution in [1.29, 1.82) is 0 Å². The smallest absolute Gasteiger partial charge is 0.214 e. The molecule has 0 aliphatic heterocycles. The molecule has 110 valence electrons. The average molecular weight is 327 g/mol. The zero-order chi connectivity index (χ0) is 15.8. The normalized spacial score (nSPS) is 6.90. The fourth-order valence-electron chi connectivity index (χ4n) is 1.04. The van der Waals surface area contributed by atoms with E-state index < -0.39 is 0 Å². The fraction of sp³-hybridized carbons (Fsp3) is 0.0667. The number of carbonyl (C=O) groups excluding carboxylic acids is 1. The first-order valence-corrected chi connectivity index (χ1v) is 5.21. The first-order valence-electron chi connectivity index (χ1n) is 5.21. The van der Waals surface area contributed by atoms with Crippen molar-refractivity contribution in [2.24, 2.45) is 0 Å². The number of benzene rings is 1. The van der Waals surface area contributed by atoms with Gasteiger partial charge in [-0.3, -0.25) is 0 Å². The fourth-order valence-corrected chi connectivity index (χ4v) is 1.04. The summed E-state index contributed by atoms with van der Waals surface area (Å²) in [4.78, 5) is 10.8.